The summed E-state index contributed by atoms with van der Waals surface area (Å²) in [6.07, 6.45) is 3.47. The number of aromatic nitrogens is 2. The highest BCUT2D eigenvalue weighted by atomic mass is 32.1. The molecule has 100 valence electrons. The molecule has 0 spiro atoms. The SMILES string of the molecule is CCc1nnc(NC(=O)CNC(=O)c2ccoc2)s1. The van der Waals surface area contributed by atoms with Crippen LogP contribution in [0, 0.1) is 0 Å². The van der Waals surface area contributed by atoms with Gasteiger partial charge in [-0.1, -0.05) is 18.3 Å². The van der Waals surface area contributed by atoms with Crippen molar-refractivity contribution in [2.45, 2.75) is 13.3 Å². The van der Waals surface area contributed by atoms with Crippen LogP contribution in [0.25, 0.3) is 0 Å². The van der Waals surface area contributed by atoms with E-state index in [9.17, 15) is 9.59 Å². The molecule has 2 amide bonds. The molecule has 0 saturated carbocycles. The van der Waals surface area contributed by atoms with E-state index in [1.54, 1.807) is 0 Å². The quantitative estimate of drug-likeness (QED) is 0.853. The number of carbonyl (C=O) groups is 2. The van der Waals surface area contributed by atoms with Crippen molar-refractivity contribution in [3.05, 3.63) is 29.2 Å². The lowest BCUT2D eigenvalue weighted by atomic mass is 10.3. The maximum absolute atomic E-state index is 11.6. The van der Waals surface area contributed by atoms with Crippen molar-refractivity contribution in [3.8, 4) is 0 Å². The Morgan fingerprint density at radius 3 is 2.89 bits per heavy atom. The Balaban J connectivity index is 1.80. The van der Waals surface area contributed by atoms with E-state index in [0.717, 1.165) is 11.4 Å². The number of hydrogen-bond donors (Lipinski definition) is 2. The molecular formula is C11H12N4O3S. The zero-order valence-electron chi connectivity index (χ0n) is 10.2. The molecule has 0 aliphatic rings. The minimum Gasteiger partial charge on any atom is -0.472 e. The van der Waals surface area contributed by atoms with Crippen LogP contribution in [-0.4, -0.2) is 28.6 Å². The van der Waals surface area contributed by atoms with Crippen molar-refractivity contribution in [2.75, 3.05) is 11.9 Å². The number of rotatable bonds is 5. The third-order valence-electron chi connectivity index (χ3n) is 2.21. The van der Waals surface area contributed by atoms with Gasteiger partial charge in [0.2, 0.25) is 11.0 Å². The summed E-state index contributed by atoms with van der Waals surface area (Å²) in [5.74, 6) is -0.717. The number of nitrogens with zero attached hydrogens (tertiary/aromatic N) is 2. The average molecular weight is 280 g/mol. The van der Waals surface area contributed by atoms with Crippen LogP contribution in [0.15, 0.2) is 23.0 Å². The van der Waals surface area contributed by atoms with E-state index in [2.05, 4.69) is 20.8 Å². The van der Waals surface area contributed by atoms with E-state index in [-0.39, 0.29) is 18.4 Å². The topological polar surface area (TPSA) is 97.1 Å². The first-order valence-electron chi connectivity index (χ1n) is 5.61. The van der Waals surface area contributed by atoms with Gasteiger partial charge in [-0.15, -0.1) is 10.2 Å². The number of aryl methyl sites for hydroxylation is 1. The van der Waals surface area contributed by atoms with E-state index >= 15 is 0 Å². The van der Waals surface area contributed by atoms with E-state index in [4.69, 9.17) is 4.42 Å². The summed E-state index contributed by atoms with van der Waals surface area (Å²) in [7, 11) is 0. The van der Waals surface area contributed by atoms with Gasteiger partial charge < -0.3 is 9.73 Å². The highest BCUT2D eigenvalue weighted by Crippen LogP contribution is 2.14. The maximum atomic E-state index is 11.6. The molecular weight excluding hydrogens is 268 g/mol. The van der Waals surface area contributed by atoms with E-state index in [1.807, 2.05) is 6.92 Å². The van der Waals surface area contributed by atoms with E-state index in [1.165, 1.54) is 29.9 Å². The molecule has 0 bridgehead atoms. The zero-order chi connectivity index (χ0) is 13.7. The monoisotopic (exact) mass is 280 g/mol. The summed E-state index contributed by atoms with van der Waals surface area (Å²) in [5, 5.41) is 14.0. The van der Waals surface area contributed by atoms with Gasteiger partial charge >= 0.3 is 0 Å². The molecule has 0 unspecified atom stereocenters. The van der Waals surface area contributed by atoms with Gasteiger partial charge in [-0.2, -0.15) is 0 Å². The number of carbonyl (C=O) groups excluding carboxylic acids is 2. The molecule has 0 radical (unpaired) electrons. The van der Waals surface area contributed by atoms with E-state index in [0.29, 0.717) is 10.7 Å². The van der Waals surface area contributed by atoms with Crippen molar-refractivity contribution in [2.24, 2.45) is 0 Å². The molecule has 0 atom stereocenters. The summed E-state index contributed by atoms with van der Waals surface area (Å²) in [6, 6.07) is 1.52. The predicted molar refractivity (Wildman–Crippen MR) is 69.0 cm³/mol. The molecule has 2 aromatic rings. The minimum atomic E-state index is -0.365. The second-order valence-corrected chi connectivity index (χ2v) is 4.66. The lowest BCUT2D eigenvalue weighted by Gasteiger charge is -2.02. The Morgan fingerprint density at radius 1 is 1.42 bits per heavy atom. The molecule has 7 nitrogen and oxygen atoms in total. The van der Waals surface area contributed by atoms with Gasteiger partial charge in [0.25, 0.3) is 5.91 Å². The van der Waals surface area contributed by atoms with Crippen molar-refractivity contribution in [1.29, 1.82) is 0 Å². The third-order valence-corrected chi connectivity index (χ3v) is 3.19. The van der Waals surface area contributed by atoms with Crippen LogP contribution in [0.5, 0.6) is 0 Å². The standard InChI is InChI=1S/C11H12N4O3S/c1-2-9-14-15-11(19-9)13-8(16)5-12-10(17)7-3-4-18-6-7/h3-4,6H,2,5H2,1H3,(H,12,17)(H,13,15,16). The molecule has 19 heavy (non-hydrogen) atoms. The van der Waals surface area contributed by atoms with Gasteiger partial charge in [0.1, 0.15) is 11.3 Å². The lowest BCUT2D eigenvalue weighted by molar-refractivity contribution is -0.115. The van der Waals surface area contributed by atoms with Gasteiger partial charge in [-0.3, -0.25) is 14.9 Å². The normalized spacial score (nSPS) is 10.2. The van der Waals surface area contributed by atoms with Crippen molar-refractivity contribution in [1.82, 2.24) is 15.5 Å². The molecule has 0 saturated heterocycles. The molecule has 0 fully saturated rings. The van der Waals surface area contributed by atoms with Crippen LogP contribution in [0.2, 0.25) is 0 Å². The van der Waals surface area contributed by atoms with Crippen LogP contribution in [-0.2, 0) is 11.2 Å². The smallest absolute Gasteiger partial charge is 0.254 e. The van der Waals surface area contributed by atoms with Crippen molar-refractivity contribution >= 4 is 28.3 Å². The molecule has 2 aromatic heterocycles. The van der Waals surface area contributed by atoms with E-state index < -0.39 is 0 Å². The first-order valence-corrected chi connectivity index (χ1v) is 6.43. The van der Waals surface area contributed by atoms with Crippen LogP contribution < -0.4 is 10.6 Å². The Bertz CT molecular complexity index is 564. The second kappa shape index (κ2) is 6.10. The summed E-state index contributed by atoms with van der Waals surface area (Å²) >= 11 is 1.31. The molecule has 2 heterocycles. The maximum Gasteiger partial charge on any atom is 0.254 e. The van der Waals surface area contributed by atoms with Crippen LogP contribution >= 0.6 is 11.3 Å². The molecule has 0 aliphatic heterocycles. The van der Waals surface area contributed by atoms with Crippen LogP contribution in [0.1, 0.15) is 22.3 Å². The fraction of sp³-hybridized carbons (Fsp3) is 0.273. The number of hydrogen-bond acceptors (Lipinski definition) is 6. The van der Waals surface area contributed by atoms with Crippen molar-refractivity contribution in [3.63, 3.8) is 0 Å². The third kappa shape index (κ3) is 3.62. The minimum absolute atomic E-state index is 0.134. The van der Waals surface area contributed by atoms with Gasteiger partial charge in [0.05, 0.1) is 18.4 Å². The number of nitrogens with one attached hydrogen (secondary N) is 2. The molecule has 2 rings (SSSR count). The Labute approximate surface area is 113 Å². The van der Waals surface area contributed by atoms with Crippen LogP contribution in [0.3, 0.4) is 0 Å². The van der Waals surface area contributed by atoms with Gasteiger partial charge in [-0.05, 0) is 12.5 Å². The molecule has 0 aliphatic carbocycles. The second-order valence-electron chi connectivity index (χ2n) is 3.60. The largest absolute Gasteiger partial charge is 0.472 e. The number of anilines is 1. The molecule has 8 heteroatoms. The Hall–Kier alpha value is -2.22. The van der Waals surface area contributed by atoms with Gasteiger partial charge in [0, 0.05) is 0 Å². The Kier molecular flexibility index (Phi) is 4.24. The Morgan fingerprint density at radius 2 is 2.26 bits per heavy atom. The first kappa shape index (κ1) is 13.2. The summed E-state index contributed by atoms with van der Waals surface area (Å²) in [5.41, 5.74) is 0.372. The highest BCUT2D eigenvalue weighted by Gasteiger charge is 2.10. The number of furan rings is 1. The predicted octanol–water partition coefficient (Wildman–Crippen LogP) is 1.06. The summed E-state index contributed by atoms with van der Waals surface area (Å²) in [6.45, 7) is 1.82. The van der Waals surface area contributed by atoms with Crippen LogP contribution in [0.4, 0.5) is 5.13 Å². The summed E-state index contributed by atoms with van der Waals surface area (Å²) in [4.78, 5) is 23.1. The molecule has 2 N–H and O–H groups in total. The lowest BCUT2D eigenvalue weighted by Crippen LogP contribution is -2.32. The highest BCUT2D eigenvalue weighted by molar-refractivity contribution is 7.15. The number of amides is 2. The average Bonchev–Trinajstić information content (AvgIpc) is 3.06. The van der Waals surface area contributed by atoms with Crippen molar-refractivity contribution < 1.29 is 14.0 Å². The van der Waals surface area contributed by atoms with Gasteiger partial charge in [0.15, 0.2) is 0 Å². The molecule has 0 aromatic carbocycles. The van der Waals surface area contributed by atoms with Gasteiger partial charge in [-0.25, -0.2) is 0 Å². The summed E-state index contributed by atoms with van der Waals surface area (Å²) < 4.78 is 4.78. The fourth-order valence-electron chi connectivity index (χ4n) is 1.27. The fourth-order valence-corrected chi connectivity index (χ4v) is 1.96. The first-order chi connectivity index (χ1) is 9.19. The zero-order valence-corrected chi connectivity index (χ0v) is 11.0.